The minimum absolute atomic E-state index is 0.0139. The molecule has 19 heavy (non-hydrogen) atoms. The molecule has 1 atom stereocenters. The van der Waals surface area contributed by atoms with Crippen LogP contribution in [-0.4, -0.2) is 36.8 Å². The van der Waals surface area contributed by atoms with Gasteiger partial charge in [-0.3, -0.25) is 4.79 Å². The second kappa shape index (κ2) is 7.79. The van der Waals surface area contributed by atoms with Crippen LogP contribution in [0.2, 0.25) is 0 Å². The number of aliphatic hydroxyl groups excluding tert-OH is 1. The van der Waals surface area contributed by atoms with Crippen LogP contribution in [0.25, 0.3) is 0 Å². The Balaban J connectivity index is 2.67. The minimum atomic E-state index is -0.0907. The predicted molar refractivity (Wildman–Crippen MR) is 78.6 cm³/mol. The summed E-state index contributed by atoms with van der Waals surface area (Å²) in [5, 5.41) is 11.7. The number of benzene rings is 1. The van der Waals surface area contributed by atoms with E-state index in [1.807, 2.05) is 31.2 Å². The summed E-state index contributed by atoms with van der Waals surface area (Å²) in [4.78, 5) is 14.2. The van der Waals surface area contributed by atoms with Crippen LogP contribution in [0.3, 0.4) is 0 Å². The molecule has 106 valence electrons. The first kappa shape index (κ1) is 15.5. The summed E-state index contributed by atoms with van der Waals surface area (Å²) in [6, 6.07) is 7.61. The van der Waals surface area contributed by atoms with Crippen molar-refractivity contribution in [3.8, 4) is 0 Å². The van der Waals surface area contributed by atoms with Crippen molar-refractivity contribution in [2.24, 2.45) is 0 Å². The van der Waals surface area contributed by atoms with Gasteiger partial charge in [0.25, 0.3) is 5.91 Å². The first-order chi connectivity index (χ1) is 9.12. The third-order valence-corrected chi connectivity index (χ3v) is 3.20. The Labute approximate surface area is 115 Å². The van der Waals surface area contributed by atoms with Crippen LogP contribution in [0.5, 0.6) is 0 Å². The molecule has 1 aromatic carbocycles. The number of amides is 1. The molecule has 0 radical (unpaired) electrons. The Morgan fingerprint density at radius 1 is 1.26 bits per heavy atom. The first-order valence-electron chi connectivity index (χ1n) is 6.89. The summed E-state index contributed by atoms with van der Waals surface area (Å²) >= 11 is 0. The maximum atomic E-state index is 11.9. The summed E-state index contributed by atoms with van der Waals surface area (Å²) in [5.41, 5.74) is 1.78. The number of carbonyl (C=O) groups excluding carboxylic acids is 1. The third kappa shape index (κ3) is 4.56. The molecule has 0 aromatic heterocycles. The fourth-order valence-corrected chi connectivity index (χ4v) is 1.99. The predicted octanol–water partition coefficient (Wildman–Crippen LogP) is 2.03. The maximum Gasteiger partial charge on any atom is 0.251 e. The van der Waals surface area contributed by atoms with Gasteiger partial charge in [-0.15, -0.1) is 0 Å². The van der Waals surface area contributed by atoms with Gasteiger partial charge in [0, 0.05) is 37.0 Å². The highest BCUT2D eigenvalue weighted by Crippen LogP contribution is 2.15. The smallest absolute Gasteiger partial charge is 0.251 e. The van der Waals surface area contributed by atoms with Crippen LogP contribution in [-0.2, 0) is 0 Å². The molecule has 0 heterocycles. The van der Waals surface area contributed by atoms with E-state index < -0.39 is 0 Å². The molecule has 2 N–H and O–H groups in total. The van der Waals surface area contributed by atoms with Crippen molar-refractivity contribution in [3.63, 3.8) is 0 Å². The van der Waals surface area contributed by atoms with Gasteiger partial charge in [0.15, 0.2) is 0 Å². The topological polar surface area (TPSA) is 52.6 Å². The molecule has 0 fully saturated rings. The highest BCUT2D eigenvalue weighted by molar-refractivity contribution is 5.94. The zero-order valence-electron chi connectivity index (χ0n) is 12.0. The van der Waals surface area contributed by atoms with E-state index in [4.69, 9.17) is 5.11 Å². The number of carbonyl (C=O) groups is 1. The number of nitrogens with zero attached hydrogens (tertiary/aromatic N) is 1. The summed E-state index contributed by atoms with van der Waals surface area (Å²) in [6.07, 6.45) is 0.573. The first-order valence-corrected chi connectivity index (χ1v) is 6.89. The zero-order valence-corrected chi connectivity index (χ0v) is 12.0. The van der Waals surface area contributed by atoms with E-state index in [-0.39, 0.29) is 18.6 Å². The second-order valence-electron chi connectivity index (χ2n) is 4.61. The monoisotopic (exact) mass is 264 g/mol. The van der Waals surface area contributed by atoms with Gasteiger partial charge in [0.05, 0.1) is 0 Å². The number of hydrogen-bond acceptors (Lipinski definition) is 3. The SMILES string of the molecule is CCN(CC)c1ccc(C(=O)NC(C)CCO)cc1. The Bertz CT molecular complexity index is 386. The lowest BCUT2D eigenvalue weighted by atomic mass is 10.1. The standard InChI is InChI=1S/C15H24N2O2/c1-4-17(5-2)14-8-6-13(7-9-14)15(19)16-12(3)10-11-18/h6-9,12,18H,4-5,10-11H2,1-3H3,(H,16,19). The van der Waals surface area contributed by atoms with Crippen molar-refractivity contribution in [1.82, 2.24) is 5.32 Å². The van der Waals surface area contributed by atoms with Crippen LogP contribution < -0.4 is 10.2 Å². The molecular weight excluding hydrogens is 240 g/mol. The molecule has 4 nitrogen and oxygen atoms in total. The molecular formula is C15H24N2O2. The molecule has 0 aliphatic carbocycles. The van der Waals surface area contributed by atoms with Crippen molar-refractivity contribution in [2.75, 3.05) is 24.6 Å². The molecule has 4 heteroatoms. The average Bonchev–Trinajstić information content (AvgIpc) is 2.41. The molecule has 1 unspecified atom stereocenters. The highest BCUT2D eigenvalue weighted by atomic mass is 16.3. The third-order valence-electron chi connectivity index (χ3n) is 3.20. The van der Waals surface area contributed by atoms with Crippen LogP contribution in [0.1, 0.15) is 37.6 Å². The molecule has 1 rings (SSSR count). The van der Waals surface area contributed by atoms with Crippen molar-refractivity contribution >= 4 is 11.6 Å². The number of nitrogens with one attached hydrogen (secondary N) is 1. The van der Waals surface area contributed by atoms with Gasteiger partial charge < -0.3 is 15.3 Å². The summed E-state index contributed by atoms with van der Waals surface area (Å²) < 4.78 is 0. The largest absolute Gasteiger partial charge is 0.396 e. The van der Waals surface area contributed by atoms with Crippen LogP contribution in [0.4, 0.5) is 5.69 Å². The number of anilines is 1. The normalized spacial score (nSPS) is 12.0. The number of hydrogen-bond donors (Lipinski definition) is 2. The van der Waals surface area contributed by atoms with Crippen LogP contribution in [0.15, 0.2) is 24.3 Å². The quantitative estimate of drug-likeness (QED) is 0.792. The Kier molecular flexibility index (Phi) is 6.36. The minimum Gasteiger partial charge on any atom is -0.396 e. The zero-order chi connectivity index (χ0) is 14.3. The molecule has 1 aromatic rings. The van der Waals surface area contributed by atoms with E-state index in [0.29, 0.717) is 12.0 Å². The summed E-state index contributed by atoms with van der Waals surface area (Å²) in [5.74, 6) is -0.0907. The van der Waals surface area contributed by atoms with Gasteiger partial charge in [-0.2, -0.15) is 0 Å². The van der Waals surface area contributed by atoms with Gasteiger partial charge in [0.1, 0.15) is 0 Å². The summed E-state index contributed by atoms with van der Waals surface area (Å²) in [7, 11) is 0. The maximum absolute atomic E-state index is 11.9. The second-order valence-corrected chi connectivity index (χ2v) is 4.61. The van der Waals surface area contributed by atoms with E-state index in [1.54, 1.807) is 0 Å². The Hall–Kier alpha value is -1.55. The average molecular weight is 264 g/mol. The van der Waals surface area contributed by atoms with E-state index in [0.717, 1.165) is 18.8 Å². The lowest BCUT2D eigenvalue weighted by molar-refractivity contribution is 0.0934. The number of rotatable bonds is 7. The van der Waals surface area contributed by atoms with Crippen molar-refractivity contribution in [3.05, 3.63) is 29.8 Å². The molecule has 0 saturated carbocycles. The van der Waals surface area contributed by atoms with Gasteiger partial charge in [-0.25, -0.2) is 0 Å². The lowest BCUT2D eigenvalue weighted by Gasteiger charge is -2.21. The van der Waals surface area contributed by atoms with Crippen molar-refractivity contribution in [2.45, 2.75) is 33.2 Å². The summed E-state index contributed by atoms with van der Waals surface area (Å²) in [6.45, 7) is 8.10. The molecule has 0 bridgehead atoms. The van der Waals surface area contributed by atoms with E-state index in [2.05, 4.69) is 24.1 Å². The highest BCUT2D eigenvalue weighted by Gasteiger charge is 2.10. The van der Waals surface area contributed by atoms with E-state index in [1.165, 1.54) is 0 Å². The fourth-order valence-electron chi connectivity index (χ4n) is 1.99. The van der Waals surface area contributed by atoms with E-state index >= 15 is 0 Å². The molecule has 0 aliphatic heterocycles. The molecule has 0 saturated heterocycles. The molecule has 1 amide bonds. The Morgan fingerprint density at radius 3 is 2.32 bits per heavy atom. The van der Waals surface area contributed by atoms with Gasteiger partial charge in [-0.1, -0.05) is 0 Å². The van der Waals surface area contributed by atoms with Gasteiger partial charge in [-0.05, 0) is 51.5 Å². The van der Waals surface area contributed by atoms with Crippen LogP contribution in [0, 0.1) is 0 Å². The molecule has 0 spiro atoms. The van der Waals surface area contributed by atoms with Gasteiger partial charge in [0.2, 0.25) is 0 Å². The Morgan fingerprint density at radius 2 is 1.84 bits per heavy atom. The lowest BCUT2D eigenvalue weighted by Crippen LogP contribution is -2.33. The molecule has 0 aliphatic rings. The van der Waals surface area contributed by atoms with E-state index in [9.17, 15) is 4.79 Å². The van der Waals surface area contributed by atoms with Gasteiger partial charge >= 0.3 is 0 Å². The van der Waals surface area contributed by atoms with Crippen molar-refractivity contribution < 1.29 is 9.90 Å². The number of aliphatic hydroxyl groups is 1. The van der Waals surface area contributed by atoms with Crippen molar-refractivity contribution in [1.29, 1.82) is 0 Å². The van der Waals surface area contributed by atoms with Crippen LogP contribution >= 0.6 is 0 Å². The fraction of sp³-hybridized carbons (Fsp3) is 0.533.